The van der Waals surface area contributed by atoms with Crippen molar-refractivity contribution >= 4 is 5.91 Å². The van der Waals surface area contributed by atoms with Crippen molar-refractivity contribution < 1.29 is 4.79 Å². The fraction of sp³-hybridized carbons (Fsp3) is 0.900. The van der Waals surface area contributed by atoms with Gasteiger partial charge in [-0.1, -0.05) is 13.3 Å². The molecule has 0 atom stereocenters. The number of carbonyl (C=O) groups excluding carboxylic acids is 1. The molecule has 13 heavy (non-hydrogen) atoms. The first-order valence-corrected chi connectivity index (χ1v) is 5.30. The highest BCUT2D eigenvalue weighted by Gasteiger charge is 2.15. The molecule has 2 N–H and O–H groups in total. The molecule has 0 unspecified atom stereocenters. The number of rotatable bonds is 6. The molecule has 3 heteroatoms. The summed E-state index contributed by atoms with van der Waals surface area (Å²) in [6.07, 6.45) is 4.29. The van der Waals surface area contributed by atoms with Crippen molar-refractivity contribution in [1.82, 2.24) is 10.6 Å². The van der Waals surface area contributed by atoms with Crippen LogP contribution < -0.4 is 10.6 Å². The first-order valence-electron chi connectivity index (χ1n) is 5.30. The molecule has 1 heterocycles. The van der Waals surface area contributed by atoms with E-state index in [0.717, 1.165) is 18.9 Å². The Balaban J connectivity index is 1.80. The topological polar surface area (TPSA) is 41.1 Å². The molecule has 0 spiro atoms. The zero-order valence-electron chi connectivity index (χ0n) is 8.44. The number of nitrogens with one attached hydrogen (secondary N) is 2. The molecule has 0 aromatic heterocycles. The van der Waals surface area contributed by atoms with Crippen molar-refractivity contribution in [3.8, 4) is 0 Å². The summed E-state index contributed by atoms with van der Waals surface area (Å²) in [7, 11) is 0. The zero-order valence-corrected chi connectivity index (χ0v) is 8.44. The molecule has 0 aliphatic carbocycles. The van der Waals surface area contributed by atoms with E-state index in [-0.39, 0.29) is 5.91 Å². The molecule has 0 radical (unpaired) electrons. The molecule has 0 saturated carbocycles. The Morgan fingerprint density at radius 1 is 1.46 bits per heavy atom. The van der Waals surface area contributed by atoms with Crippen LogP contribution in [0.1, 0.15) is 32.6 Å². The van der Waals surface area contributed by atoms with E-state index in [1.807, 2.05) is 6.92 Å². The van der Waals surface area contributed by atoms with Gasteiger partial charge in [-0.3, -0.25) is 4.79 Å². The summed E-state index contributed by atoms with van der Waals surface area (Å²) in [6.45, 7) is 5.13. The molecule has 0 aromatic carbocycles. The lowest BCUT2D eigenvalue weighted by atomic mass is 9.96. The molecule has 76 valence electrons. The number of unbranched alkanes of at least 4 members (excludes halogenated alkanes) is 1. The van der Waals surface area contributed by atoms with Crippen LogP contribution in [0.15, 0.2) is 0 Å². The van der Waals surface area contributed by atoms with E-state index in [4.69, 9.17) is 0 Å². The predicted octanol–water partition coefficient (Wildman–Crippen LogP) is 0.902. The van der Waals surface area contributed by atoms with Crippen LogP contribution in [0.5, 0.6) is 0 Å². The summed E-state index contributed by atoms with van der Waals surface area (Å²) < 4.78 is 0. The fourth-order valence-corrected chi connectivity index (χ4v) is 1.46. The van der Waals surface area contributed by atoms with Crippen LogP contribution in [-0.4, -0.2) is 25.5 Å². The summed E-state index contributed by atoms with van der Waals surface area (Å²) in [5.74, 6) is 1.08. The van der Waals surface area contributed by atoms with E-state index in [0.29, 0.717) is 6.42 Å². The Bertz CT molecular complexity index is 155. The van der Waals surface area contributed by atoms with Crippen LogP contribution in [0.25, 0.3) is 0 Å². The van der Waals surface area contributed by atoms with Crippen molar-refractivity contribution in [2.75, 3.05) is 19.6 Å². The molecule has 1 aliphatic rings. The highest BCUT2D eigenvalue weighted by atomic mass is 16.1. The highest BCUT2D eigenvalue weighted by Crippen LogP contribution is 2.11. The van der Waals surface area contributed by atoms with Crippen molar-refractivity contribution in [2.24, 2.45) is 5.92 Å². The highest BCUT2D eigenvalue weighted by molar-refractivity contribution is 5.75. The molecule has 3 nitrogen and oxygen atoms in total. The maximum atomic E-state index is 10.9. The lowest BCUT2D eigenvalue weighted by Gasteiger charge is -2.26. The van der Waals surface area contributed by atoms with E-state index in [2.05, 4.69) is 10.6 Å². The normalized spacial score (nSPS) is 16.7. The predicted molar refractivity (Wildman–Crippen MR) is 53.5 cm³/mol. The average Bonchev–Trinajstić information content (AvgIpc) is 2.07. The Morgan fingerprint density at radius 3 is 2.77 bits per heavy atom. The number of carbonyl (C=O) groups is 1. The van der Waals surface area contributed by atoms with Gasteiger partial charge in [0.15, 0.2) is 0 Å². The maximum Gasteiger partial charge on any atom is 0.219 e. The molecule has 0 bridgehead atoms. The van der Waals surface area contributed by atoms with Gasteiger partial charge in [-0.2, -0.15) is 0 Å². The van der Waals surface area contributed by atoms with Crippen molar-refractivity contribution in [2.45, 2.75) is 32.6 Å². The van der Waals surface area contributed by atoms with E-state index < -0.39 is 0 Å². The van der Waals surface area contributed by atoms with Gasteiger partial charge in [-0.25, -0.2) is 0 Å². The Hall–Kier alpha value is -0.570. The van der Waals surface area contributed by atoms with Crippen LogP contribution in [-0.2, 0) is 4.79 Å². The Morgan fingerprint density at radius 2 is 2.23 bits per heavy atom. The van der Waals surface area contributed by atoms with Crippen LogP contribution >= 0.6 is 0 Å². The second-order valence-electron chi connectivity index (χ2n) is 3.72. The van der Waals surface area contributed by atoms with Gasteiger partial charge in [0.25, 0.3) is 0 Å². The second kappa shape index (κ2) is 5.97. The standard InChI is InChI=1S/C10H20N2O/c1-2-10(13)12-6-4-3-5-9-7-11-8-9/h9,11H,2-8H2,1H3,(H,12,13). The third kappa shape index (κ3) is 4.27. The minimum atomic E-state index is 0.172. The monoisotopic (exact) mass is 184 g/mol. The average molecular weight is 184 g/mol. The van der Waals surface area contributed by atoms with Crippen LogP contribution in [0, 0.1) is 5.92 Å². The van der Waals surface area contributed by atoms with Crippen LogP contribution in [0.3, 0.4) is 0 Å². The Kier molecular flexibility index (Phi) is 4.83. The molecular formula is C10H20N2O. The molecular weight excluding hydrogens is 164 g/mol. The quantitative estimate of drug-likeness (QED) is 0.602. The summed E-state index contributed by atoms with van der Waals surface area (Å²) in [4.78, 5) is 10.9. The van der Waals surface area contributed by atoms with Gasteiger partial charge in [0, 0.05) is 13.0 Å². The van der Waals surface area contributed by atoms with Crippen LogP contribution in [0.2, 0.25) is 0 Å². The lowest BCUT2D eigenvalue weighted by molar-refractivity contribution is -0.120. The van der Waals surface area contributed by atoms with Gasteiger partial charge in [-0.05, 0) is 31.8 Å². The Labute approximate surface area is 80.3 Å². The van der Waals surface area contributed by atoms with Gasteiger partial charge in [-0.15, -0.1) is 0 Å². The van der Waals surface area contributed by atoms with E-state index in [9.17, 15) is 4.79 Å². The SMILES string of the molecule is CCC(=O)NCCCCC1CNC1. The third-order valence-corrected chi connectivity index (χ3v) is 2.55. The first-order chi connectivity index (χ1) is 6.33. The number of hydrogen-bond donors (Lipinski definition) is 2. The van der Waals surface area contributed by atoms with Crippen molar-refractivity contribution in [1.29, 1.82) is 0 Å². The molecule has 1 aliphatic heterocycles. The molecule has 1 amide bonds. The van der Waals surface area contributed by atoms with E-state index >= 15 is 0 Å². The van der Waals surface area contributed by atoms with Gasteiger partial charge in [0.05, 0.1) is 0 Å². The molecule has 1 rings (SSSR count). The van der Waals surface area contributed by atoms with Gasteiger partial charge < -0.3 is 10.6 Å². The first kappa shape index (κ1) is 10.5. The maximum absolute atomic E-state index is 10.9. The minimum absolute atomic E-state index is 0.172. The third-order valence-electron chi connectivity index (χ3n) is 2.55. The van der Waals surface area contributed by atoms with Gasteiger partial charge >= 0.3 is 0 Å². The molecule has 1 saturated heterocycles. The van der Waals surface area contributed by atoms with E-state index in [1.54, 1.807) is 0 Å². The van der Waals surface area contributed by atoms with Crippen LogP contribution in [0.4, 0.5) is 0 Å². The van der Waals surface area contributed by atoms with E-state index in [1.165, 1.54) is 25.9 Å². The summed E-state index contributed by atoms with van der Waals surface area (Å²) in [5.41, 5.74) is 0. The van der Waals surface area contributed by atoms with Crippen molar-refractivity contribution in [3.05, 3.63) is 0 Å². The van der Waals surface area contributed by atoms with Gasteiger partial charge in [0.1, 0.15) is 0 Å². The molecule has 1 fully saturated rings. The summed E-state index contributed by atoms with van der Waals surface area (Å²) in [6, 6.07) is 0. The molecule has 0 aromatic rings. The number of amides is 1. The lowest BCUT2D eigenvalue weighted by Crippen LogP contribution is -2.41. The summed E-state index contributed by atoms with van der Waals surface area (Å²) >= 11 is 0. The largest absolute Gasteiger partial charge is 0.356 e. The second-order valence-corrected chi connectivity index (χ2v) is 3.72. The smallest absolute Gasteiger partial charge is 0.219 e. The van der Waals surface area contributed by atoms with Crippen molar-refractivity contribution in [3.63, 3.8) is 0 Å². The summed E-state index contributed by atoms with van der Waals surface area (Å²) in [5, 5.41) is 6.15. The van der Waals surface area contributed by atoms with Gasteiger partial charge in [0.2, 0.25) is 5.91 Å². The number of hydrogen-bond acceptors (Lipinski definition) is 2. The minimum Gasteiger partial charge on any atom is -0.356 e. The fourth-order valence-electron chi connectivity index (χ4n) is 1.46. The zero-order chi connectivity index (χ0) is 9.52.